The van der Waals surface area contributed by atoms with E-state index in [0.717, 1.165) is 5.69 Å². The van der Waals surface area contributed by atoms with Gasteiger partial charge in [0, 0.05) is 24.2 Å². The highest BCUT2D eigenvalue weighted by molar-refractivity contribution is 5.76. The SMILES string of the molecule is O=C(CCF)N1Cc2cccn2CC(Oc2ccccn2)C1.O=C(O)C(F)(F)F. The molecular formula is C18H19F4N3O4. The van der Waals surface area contributed by atoms with Crippen molar-refractivity contribution < 1.29 is 37.0 Å². The summed E-state index contributed by atoms with van der Waals surface area (Å²) in [5, 5.41) is 7.12. The molecule has 0 aliphatic carbocycles. The summed E-state index contributed by atoms with van der Waals surface area (Å²) in [4.78, 5) is 26.8. The number of rotatable bonds is 4. The first-order chi connectivity index (χ1) is 13.7. The Kier molecular flexibility index (Phi) is 7.57. The summed E-state index contributed by atoms with van der Waals surface area (Å²) < 4.78 is 52.2. The van der Waals surface area contributed by atoms with Gasteiger partial charge in [-0.3, -0.25) is 9.18 Å². The maximum absolute atomic E-state index is 12.5. The second-order valence-corrected chi connectivity index (χ2v) is 6.08. The number of aliphatic carboxylic acids is 1. The summed E-state index contributed by atoms with van der Waals surface area (Å²) in [6, 6.07) is 9.37. The molecule has 3 heterocycles. The molecule has 1 unspecified atom stereocenters. The molecule has 2 aromatic rings. The van der Waals surface area contributed by atoms with Gasteiger partial charge in [-0.1, -0.05) is 6.07 Å². The Balaban J connectivity index is 0.000000370. The zero-order valence-corrected chi connectivity index (χ0v) is 15.2. The summed E-state index contributed by atoms with van der Waals surface area (Å²) in [6.07, 6.45) is -1.75. The number of carboxylic acids is 1. The van der Waals surface area contributed by atoms with Crippen LogP contribution in [0, 0.1) is 0 Å². The number of ether oxygens (including phenoxy) is 1. The summed E-state index contributed by atoms with van der Waals surface area (Å²) in [5.41, 5.74) is 1.03. The fraction of sp³-hybridized carbons (Fsp3) is 0.389. The Bertz CT molecular complexity index is 811. The minimum absolute atomic E-state index is 0.0863. The van der Waals surface area contributed by atoms with Crippen LogP contribution in [0.4, 0.5) is 17.6 Å². The average Bonchev–Trinajstić information content (AvgIpc) is 3.01. The van der Waals surface area contributed by atoms with Gasteiger partial charge < -0.3 is 19.3 Å². The fourth-order valence-electron chi connectivity index (χ4n) is 2.65. The van der Waals surface area contributed by atoms with Crippen LogP contribution >= 0.6 is 0 Å². The van der Waals surface area contributed by atoms with Crippen molar-refractivity contribution in [2.45, 2.75) is 31.8 Å². The predicted octanol–water partition coefficient (Wildman–Crippen LogP) is 2.67. The molecule has 0 saturated heterocycles. The molecule has 29 heavy (non-hydrogen) atoms. The molecule has 11 heteroatoms. The van der Waals surface area contributed by atoms with Crippen molar-refractivity contribution >= 4 is 11.9 Å². The van der Waals surface area contributed by atoms with Crippen LogP contribution in [0.25, 0.3) is 0 Å². The van der Waals surface area contributed by atoms with E-state index in [1.165, 1.54) is 0 Å². The third kappa shape index (κ3) is 6.77. The first-order valence-corrected chi connectivity index (χ1v) is 8.56. The monoisotopic (exact) mass is 417 g/mol. The molecule has 0 fully saturated rings. The number of carbonyl (C=O) groups excluding carboxylic acids is 1. The van der Waals surface area contributed by atoms with Crippen LogP contribution in [0.3, 0.4) is 0 Å². The van der Waals surface area contributed by atoms with E-state index in [-0.39, 0.29) is 18.4 Å². The molecule has 0 bridgehead atoms. The van der Waals surface area contributed by atoms with Gasteiger partial charge in [-0.2, -0.15) is 13.2 Å². The maximum atomic E-state index is 12.5. The highest BCUT2D eigenvalue weighted by atomic mass is 19.4. The van der Waals surface area contributed by atoms with Gasteiger partial charge in [0.2, 0.25) is 11.8 Å². The molecule has 1 N–H and O–H groups in total. The van der Waals surface area contributed by atoms with E-state index in [1.807, 2.05) is 30.5 Å². The molecule has 158 valence electrons. The van der Waals surface area contributed by atoms with Crippen molar-refractivity contribution in [2.24, 2.45) is 0 Å². The van der Waals surface area contributed by atoms with Crippen LogP contribution in [0.5, 0.6) is 5.88 Å². The van der Waals surface area contributed by atoms with Gasteiger partial charge >= 0.3 is 12.1 Å². The first-order valence-electron chi connectivity index (χ1n) is 8.56. The zero-order chi connectivity index (χ0) is 21.4. The van der Waals surface area contributed by atoms with Crippen LogP contribution in [0.1, 0.15) is 12.1 Å². The largest absolute Gasteiger partial charge is 0.490 e. The molecule has 0 saturated carbocycles. The topological polar surface area (TPSA) is 84.7 Å². The van der Waals surface area contributed by atoms with Crippen LogP contribution in [-0.2, 0) is 22.7 Å². The lowest BCUT2D eigenvalue weighted by Crippen LogP contribution is -2.38. The van der Waals surface area contributed by atoms with Crippen molar-refractivity contribution in [1.82, 2.24) is 14.5 Å². The van der Waals surface area contributed by atoms with E-state index in [0.29, 0.717) is 25.5 Å². The number of alkyl halides is 4. The maximum Gasteiger partial charge on any atom is 0.490 e. The van der Waals surface area contributed by atoms with Crippen LogP contribution in [0.15, 0.2) is 42.7 Å². The predicted molar refractivity (Wildman–Crippen MR) is 92.8 cm³/mol. The highest BCUT2D eigenvalue weighted by Crippen LogP contribution is 2.18. The minimum atomic E-state index is -5.08. The van der Waals surface area contributed by atoms with Crippen LogP contribution in [-0.4, -0.2) is 56.9 Å². The molecule has 2 aromatic heterocycles. The molecule has 1 aliphatic heterocycles. The summed E-state index contributed by atoms with van der Waals surface area (Å²) in [6.45, 7) is 0.908. The van der Waals surface area contributed by atoms with Crippen molar-refractivity contribution in [3.8, 4) is 5.88 Å². The van der Waals surface area contributed by atoms with Gasteiger partial charge in [-0.25, -0.2) is 9.78 Å². The van der Waals surface area contributed by atoms with Crippen LogP contribution < -0.4 is 4.74 Å². The molecule has 0 aromatic carbocycles. The standard InChI is InChI=1S/C16H18FN3O2.C2HF3O2/c17-7-6-16(21)20-10-13-4-3-9-19(13)11-14(12-20)22-15-5-1-2-8-18-15;3-2(4,5)1(6)7/h1-5,8-9,14H,6-7,10-12H2;(H,6,7). The number of hydrogen-bond donors (Lipinski definition) is 1. The van der Waals surface area contributed by atoms with Gasteiger partial charge in [0.25, 0.3) is 0 Å². The Labute approximate surface area is 163 Å². The third-order valence-corrected chi connectivity index (χ3v) is 3.93. The molecule has 3 rings (SSSR count). The molecule has 1 atom stereocenters. The quantitative estimate of drug-likeness (QED) is 0.774. The van der Waals surface area contributed by atoms with Gasteiger partial charge in [0.1, 0.15) is 6.10 Å². The van der Waals surface area contributed by atoms with Crippen molar-refractivity contribution in [3.05, 3.63) is 48.4 Å². The zero-order valence-electron chi connectivity index (χ0n) is 15.2. The minimum Gasteiger partial charge on any atom is -0.475 e. The lowest BCUT2D eigenvalue weighted by Gasteiger charge is -2.24. The average molecular weight is 417 g/mol. The number of hydrogen-bond acceptors (Lipinski definition) is 4. The summed E-state index contributed by atoms with van der Waals surface area (Å²) >= 11 is 0. The van der Waals surface area contributed by atoms with E-state index in [9.17, 15) is 22.4 Å². The molecule has 1 amide bonds. The Hall–Kier alpha value is -3.11. The van der Waals surface area contributed by atoms with Gasteiger partial charge in [-0.15, -0.1) is 0 Å². The number of amides is 1. The lowest BCUT2D eigenvalue weighted by molar-refractivity contribution is -0.192. The van der Waals surface area contributed by atoms with E-state index in [4.69, 9.17) is 14.6 Å². The Morgan fingerprint density at radius 1 is 1.21 bits per heavy atom. The molecule has 1 aliphatic rings. The number of carbonyl (C=O) groups is 2. The number of pyridine rings is 1. The molecule has 7 nitrogen and oxygen atoms in total. The van der Waals surface area contributed by atoms with Gasteiger partial charge in [-0.05, 0) is 18.2 Å². The highest BCUT2D eigenvalue weighted by Gasteiger charge is 2.38. The van der Waals surface area contributed by atoms with Crippen LogP contribution in [0.2, 0.25) is 0 Å². The number of aromatic nitrogens is 2. The van der Waals surface area contributed by atoms with Gasteiger partial charge in [0.05, 0.1) is 32.7 Å². The fourth-order valence-corrected chi connectivity index (χ4v) is 2.65. The van der Waals surface area contributed by atoms with E-state index < -0.39 is 18.8 Å². The normalized spacial score (nSPS) is 16.1. The summed E-state index contributed by atoms with van der Waals surface area (Å²) in [5.74, 6) is -2.42. The number of nitrogens with zero attached hydrogens (tertiary/aromatic N) is 3. The van der Waals surface area contributed by atoms with E-state index in [2.05, 4.69) is 9.55 Å². The Morgan fingerprint density at radius 2 is 1.93 bits per heavy atom. The first kappa shape index (κ1) is 22.2. The Morgan fingerprint density at radius 3 is 2.52 bits per heavy atom. The molecular weight excluding hydrogens is 398 g/mol. The smallest absolute Gasteiger partial charge is 0.475 e. The number of carboxylic acid groups (broad SMARTS) is 1. The lowest BCUT2D eigenvalue weighted by atomic mass is 10.3. The number of fused-ring (bicyclic) bond motifs is 1. The summed E-state index contributed by atoms with van der Waals surface area (Å²) in [7, 11) is 0. The second kappa shape index (κ2) is 9.89. The molecule has 0 spiro atoms. The van der Waals surface area contributed by atoms with Crippen molar-refractivity contribution in [2.75, 3.05) is 13.2 Å². The molecule has 0 radical (unpaired) electrons. The van der Waals surface area contributed by atoms with Crippen molar-refractivity contribution in [1.29, 1.82) is 0 Å². The van der Waals surface area contributed by atoms with E-state index >= 15 is 0 Å². The third-order valence-electron chi connectivity index (χ3n) is 3.93. The second-order valence-electron chi connectivity index (χ2n) is 6.08. The van der Waals surface area contributed by atoms with E-state index in [1.54, 1.807) is 17.2 Å². The van der Waals surface area contributed by atoms with Crippen molar-refractivity contribution in [3.63, 3.8) is 0 Å². The number of halogens is 4. The van der Waals surface area contributed by atoms with Gasteiger partial charge in [0.15, 0.2) is 0 Å².